The Morgan fingerprint density at radius 1 is 1.00 bits per heavy atom. The van der Waals surface area contributed by atoms with Crippen LogP contribution in [0.15, 0.2) is 77.9 Å². The summed E-state index contributed by atoms with van der Waals surface area (Å²) in [6.45, 7) is 3.20. The molecular formula is C25H24N4S. The highest BCUT2D eigenvalue weighted by atomic mass is 32.1. The molecule has 0 radical (unpaired) electrons. The van der Waals surface area contributed by atoms with E-state index < -0.39 is 0 Å². The molecule has 0 spiro atoms. The first-order valence-electron chi connectivity index (χ1n) is 10.4. The van der Waals surface area contributed by atoms with Gasteiger partial charge in [0.05, 0.1) is 5.69 Å². The van der Waals surface area contributed by atoms with Crippen molar-refractivity contribution in [2.24, 2.45) is 0 Å². The van der Waals surface area contributed by atoms with Crippen molar-refractivity contribution in [3.63, 3.8) is 0 Å². The van der Waals surface area contributed by atoms with Crippen LogP contribution < -0.4 is 0 Å². The van der Waals surface area contributed by atoms with E-state index in [4.69, 9.17) is 9.97 Å². The third kappa shape index (κ3) is 4.18. The summed E-state index contributed by atoms with van der Waals surface area (Å²) in [4.78, 5) is 16.5. The molecule has 4 aromatic rings. The molecule has 1 aliphatic rings. The predicted molar refractivity (Wildman–Crippen MR) is 122 cm³/mol. The molecule has 1 atom stereocenters. The number of aromatic nitrogens is 3. The normalized spacial score (nSPS) is 17.1. The van der Waals surface area contributed by atoms with E-state index in [2.05, 4.69) is 57.0 Å². The van der Waals surface area contributed by atoms with Gasteiger partial charge in [0.15, 0.2) is 5.82 Å². The summed E-state index contributed by atoms with van der Waals surface area (Å²) < 4.78 is 0. The van der Waals surface area contributed by atoms with E-state index in [-0.39, 0.29) is 0 Å². The largest absolute Gasteiger partial charge is 0.298 e. The van der Waals surface area contributed by atoms with E-state index in [1.165, 1.54) is 17.5 Å². The molecule has 1 fully saturated rings. The number of likely N-dealkylation sites (tertiary alicyclic amines) is 1. The first-order valence-corrected chi connectivity index (χ1v) is 11.4. The lowest BCUT2D eigenvalue weighted by Crippen LogP contribution is -2.34. The topological polar surface area (TPSA) is 41.9 Å². The number of benzene rings is 1. The highest BCUT2D eigenvalue weighted by Gasteiger charge is 2.26. The van der Waals surface area contributed by atoms with Gasteiger partial charge < -0.3 is 0 Å². The molecule has 1 saturated heterocycles. The zero-order valence-corrected chi connectivity index (χ0v) is 17.6. The number of thiophene rings is 1. The third-order valence-corrected chi connectivity index (χ3v) is 6.45. The molecule has 0 aliphatic carbocycles. The van der Waals surface area contributed by atoms with Crippen LogP contribution in [0.5, 0.6) is 0 Å². The van der Waals surface area contributed by atoms with Crippen LogP contribution in [-0.4, -0.2) is 32.9 Å². The SMILES string of the molecule is c1ccc(-c2cnc(-c3ccncc3)nc2C2CCCN(Cc3ccsc3)C2)cc1. The molecule has 4 heterocycles. The van der Waals surface area contributed by atoms with E-state index in [9.17, 15) is 0 Å². The fourth-order valence-electron chi connectivity index (χ4n) is 4.25. The summed E-state index contributed by atoms with van der Waals surface area (Å²) in [7, 11) is 0. The molecule has 0 amide bonds. The smallest absolute Gasteiger partial charge is 0.159 e. The molecule has 1 aliphatic heterocycles. The highest BCUT2D eigenvalue weighted by Crippen LogP contribution is 2.34. The number of piperidine rings is 1. The van der Waals surface area contributed by atoms with Gasteiger partial charge in [-0.05, 0) is 59.5 Å². The van der Waals surface area contributed by atoms with E-state index in [1.54, 1.807) is 23.7 Å². The van der Waals surface area contributed by atoms with Gasteiger partial charge in [0.1, 0.15) is 0 Å². The van der Waals surface area contributed by atoms with Gasteiger partial charge in [-0.25, -0.2) is 9.97 Å². The van der Waals surface area contributed by atoms with Crippen LogP contribution in [-0.2, 0) is 6.54 Å². The molecule has 0 bridgehead atoms. The van der Waals surface area contributed by atoms with Crippen LogP contribution in [0.2, 0.25) is 0 Å². The summed E-state index contributed by atoms with van der Waals surface area (Å²) in [5.41, 5.74) is 5.92. The molecule has 1 aromatic carbocycles. The van der Waals surface area contributed by atoms with Gasteiger partial charge in [-0.3, -0.25) is 9.88 Å². The van der Waals surface area contributed by atoms with Crippen LogP contribution in [0.25, 0.3) is 22.5 Å². The lowest BCUT2D eigenvalue weighted by Gasteiger charge is -2.33. The average Bonchev–Trinajstić information content (AvgIpc) is 3.33. The van der Waals surface area contributed by atoms with Gasteiger partial charge in [0.25, 0.3) is 0 Å². The predicted octanol–water partition coefficient (Wildman–Crippen LogP) is 5.65. The first kappa shape index (κ1) is 19.1. The van der Waals surface area contributed by atoms with Gasteiger partial charge in [-0.2, -0.15) is 11.3 Å². The van der Waals surface area contributed by atoms with Gasteiger partial charge in [0.2, 0.25) is 0 Å². The molecule has 0 N–H and O–H groups in total. The number of rotatable bonds is 5. The van der Waals surface area contributed by atoms with Crippen LogP contribution in [0.3, 0.4) is 0 Å². The minimum absolute atomic E-state index is 0.399. The van der Waals surface area contributed by atoms with E-state index >= 15 is 0 Å². The lowest BCUT2D eigenvalue weighted by molar-refractivity contribution is 0.199. The van der Waals surface area contributed by atoms with Crippen LogP contribution in [0, 0.1) is 0 Å². The second-order valence-electron chi connectivity index (χ2n) is 7.80. The average molecular weight is 413 g/mol. The Morgan fingerprint density at radius 2 is 1.87 bits per heavy atom. The summed E-state index contributed by atoms with van der Waals surface area (Å²) >= 11 is 1.77. The molecule has 3 aromatic heterocycles. The van der Waals surface area contributed by atoms with Crippen molar-refractivity contribution in [3.05, 3.63) is 89.1 Å². The molecule has 30 heavy (non-hydrogen) atoms. The van der Waals surface area contributed by atoms with Crippen LogP contribution in [0.4, 0.5) is 0 Å². The molecule has 5 heteroatoms. The first-order chi connectivity index (χ1) is 14.9. The number of hydrogen-bond donors (Lipinski definition) is 0. The van der Waals surface area contributed by atoms with Crippen molar-refractivity contribution in [1.82, 2.24) is 19.9 Å². The Morgan fingerprint density at radius 3 is 2.67 bits per heavy atom. The number of pyridine rings is 1. The van der Waals surface area contributed by atoms with Crippen molar-refractivity contribution in [2.45, 2.75) is 25.3 Å². The Labute approximate surface area is 181 Å². The minimum Gasteiger partial charge on any atom is -0.298 e. The van der Waals surface area contributed by atoms with Crippen LogP contribution >= 0.6 is 11.3 Å². The van der Waals surface area contributed by atoms with Gasteiger partial charge in [-0.1, -0.05) is 30.3 Å². The Kier molecular flexibility index (Phi) is 5.64. The van der Waals surface area contributed by atoms with Crippen molar-refractivity contribution in [1.29, 1.82) is 0 Å². The highest BCUT2D eigenvalue weighted by molar-refractivity contribution is 7.07. The van der Waals surface area contributed by atoms with Crippen molar-refractivity contribution in [2.75, 3.05) is 13.1 Å². The molecular weight excluding hydrogens is 388 g/mol. The van der Waals surface area contributed by atoms with E-state index in [0.29, 0.717) is 5.92 Å². The summed E-state index contributed by atoms with van der Waals surface area (Å²) in [6, 6.07) is 16.7. The second-order valence-corrected chi connectivity index (χ2v) is 8.58. The van der Waals surface area contributed by atoms with Gasteiger partial charge in [0, 0.05) is 48.7 Å². The van der Waals surface area contributed by atoms with Crippen LogP contribution in [0.1, 0.15) is 30.0 Å². The van der Waals surface area contributed by atoms with E-state index in [0.717, 1.165) is 48.7 Å². The maximum Gasteiger partial charge on any atom is 0.159 e. The number of nitrogens with zero attached hydrogens (tertiary/aromatic N) is 4. The molecule has 150 valence electrons. The van der Waals surface area contributed by atoms with Crippen molar-refractivity contribution in [3.8, 4) is 22.5 Å². The quantitative estimate of drug-likeness (QED) is 0.425. The maximum absolute atomic E-state index is 5.11. The maximum atomic E-state index is 5.11. The van der Waals surface area contributed by atoms with Gasteiger partial charge >= 0.3 is 0 Å². The Bertz CT molecular complexity index is 1080. The number of hydrogen-bond acceptors (Lipinski definition) is 5. The van der Waals surface area contributed by atoms with E-state index in [1.807, 2.05) is 18.3 Å². The summed E-state index contributed by atoms with van der Waals surface area (Å²) in [5.74, 6) is 1.18. The van der Waals surface area contributed by atoms with Crippen molar-refractivity contribution < 1.29 is 0 Å². The lowest BCUT2D eigenvalue weighted by atomic mass is 9.89. The third-order valence-electron chi connectivity index (χ3n) is 5.72. The fraction of sp³-hybridized carbons (Fsp3) is 0.240. The summed E-state index contributed by atoms with van der Waals surface area (Å²) in [5, 5.41) is 4.42. The molecule has 1 unspecified atom stereocenters. The monoisotopic (exact) mass is 412 g/mol. The zero-order chi connectivity index (χ0) is 20.2. The standard InChI is InChI=1S/C25H24N4S/c1-2-5-20(6-3-1)23-15-27-25(21-8-11-26-12-9-21)28-24(23)22-7-4-13-29(17-22)16-19-10-14-30-18-19/h1-3,5-6,8-12,14-15,18,22H,4,7,13,16-17H2. The Balaban J connectivity index is 1.51. The zero-order valence-electron chi connectivity index (χ0n) is 16.8. The Hall–Kier alpha value is -2.89. The van der Waals surface area contributed by atoms with Crippen molar-refractivity contribution >= 4 is 11.3 Å². The van der Waals surface area contributed by atoms with Gasteiger partial charge in [-0.15, -0.1) is 0 Å². The second kappa shape index (κ2) is 8.86. The molecule has 5 rings (SSSR count). The summed E-state index contributed by atoms with van der Waals surface area (Å²) in [6.07, 6.45) is 7.95. The minimum atomic E-state index is 0.399. The molecule has 0 saturated carbocycles. The molecule has 4 nitrogen and oxygen atoms in total. The fourth-order valence-corrected chi connectivity index (χ4v) is 4.91.